The molecule has 0 saturated carbocycles. The Morgan fingerprint density at radius 3 is 2.79 bits per heavy atom. The average Bonchev–Trinajstić information content (AvgIpc) is 3.19. The quantitative estimate of drug-likeness (QED) is 0.608. The second-order valence-electron chi connectivity index (χ2n) is 7.88. The van der Waals surface area contributed by atoms with Crippen molar-refractivity contribution in [3.63, 3.8) is 0 Å². The number of benzene rings is 2. The molecule has 2 aromatic carbocycles. The van der Waals surface area contributed by atoms with Gasteiger partial charge in [-0.25, -0.2) is 0 Å². The first-order chi connectivity index (χ1) is 14.2. The summed E-state index contributed by atoms with van der Waals surface area (Å²) in [6.45, 7) is 3.52. The van der Waals surface area contributed by atoms with Gasteiger partial charge in [0.2, 0.25) is 0 Å². The van der Waals surface area contributed by atoms with Gasteiger partial charge in [-0.3, -0.25) is 0 Å². The number of nitrogens with zero attached hydrogens (tertiary/aromatic N) is 1. The molecule has 1 aliphatic rings. The van der Waals surface area contributed by atoms with Crippen LogP contribution < -0.4 is 4.74 Å². The second kappa shape index (κ2) is 9.44. The van der Waals surface area contributed by atoms with Gasteiger partial charge in [-0.2, -0.15) is 0 Å². The van der Waals surface area contributed by atoms with Gasteiger partial charge in [0.25, 0.3) is 0 Å². The van der Waals surface area contributed by atoms with Gasteiger partial charge in [0.1, 0.15) is 5.75 Å². The highest BCUT2D eigenvalue weighted by atomic mass is 16.5. The van der Waals surface area contributed by atoms with Crippen molar-refractivity contribution in [3.05, 3.63) is 65.9 Å². The predicted octanol–water partition coefficient (Wildman–Crippen LogP) is 3.93. The van der Waals surface area contributed by atoms with Crippen LogP contribution in [0, 0.1) is 0 Å². The Morgan fingerprint density at radius 2 is 1.97 bits per heavy atom. The van der Waals surface area contributed by atoms with Crippen LogP contribution in [0.25, 0.3) is 10.9 Å². The van der Waals surface area contributed by atoms with Crippen LogP contribution in [-0.2, 0) is 11.3 Å². The lowest BCUT2D eigenvalue weighted by molar-refractivity contribution is 0.00620. The number of β-amino-alcohol motifs (C(OH)–C–C–N with tert-alkyl or cyclic N) is 1. The van der Waals surface area contributed by atoms with Crippen LogP contribution in [0.2, 0.25) is 0 Å². The fraction of sp³-hybridized carbons (Fsp3) is 0.417. The van der Waals surface area contributed by atoms with Crippen LogP contribution in [0.4, 0.5) is 0 Å². The van der Waals surface area contributed by atoms with Gasteiger partial charge in [0.15, 0.2) is 0 Å². The summed E-state index contributed by atoms with van der Waals surface area (Å²) in [4.78, 5) is 5.75. The molecule has 3 aromatic rings. The number of aromatic amines is 1. The number of hydrogen-bond acceptors (Lipinski definition) is 4. The van der Waals surface area contributed by atoms with E-state index >= 15 is 0 Å². The topological polar surface area (TPSA) is 57.7 Å². The number of methoxy groups -OCH3 is 1. The first-order valence-corrected chi connectivity index (χ1v) is 10.4. The van der Waals surface area contributed by atoms with Crippen molar-refractivity contribution in [2.45, 2.75) is 31.5 Å². The summed E-state index contributed by atoms with van der Waals surface area (Å²) in [5.74, 6) is 1.41. The lowest BCUT2D eigenvalue weighted by Crippen LogP contribution is -2.39. The number of ether oxygens (including phenoxy) is 2. The Morgan fingerprint density at radius 1 is 1.14 bits per heavy atom. The van der Waals surface area contributed by atoms with E-state index < -0.39 is 6.10 Å². The molecule has 154 valence electrons. The molecule has 0 bridgehead atoms. The molecule has 0 spiro atoms. The minimum atomic E-state index is -0.467. The maximum Gasteiger partial charge on any atom is 0.119 e. The summed E-state index contributed by atoms with van der Waals surface area (Å²) < 4.78 is 10.9. The van der Waals surface area contributed by atoms with Crippen LogP contribution in [0.5, 0.6) is 5.75 Å². The van der Waals surface area contributed by atoms with E-state index in [-0.39, 0.29) is 0 Å². The van der Waals surface area contributed by atoms with Crippen molar-refractivity contribution in [1.82, 2.24) is 9.88 Å². The molecule has 0 amide bonds. The number of piperidine rings is 1. The highest BCUT2D eigenvalue weighted by molar-refractivity contribution is 5.83. The molecule has 1 saturated heterocycles. The Labute approximate surface area is 172 Å². The third-order valence-electron chi connectivity index (χ3n) is 5.83. The number of rotatable bonds is 8. The summed E-state index contributed by atoms with van der Waals surface area (Å²) in [5.41, 5.74) is 3.70. The number of para-hydroxylation sites is 1. The summed E-state index contributed by atoms with van der Waals surface area (Å²) in [6, 6.07) is 16.3. The van der Waals surface area contributed by atoms with E-state index in [0.717, 1.165) is 37.2 Å². The number of likely N-dealkylation sites (tertiary alicyclic amines) is 1. The number of hydrogen-bond donors (Lipinski definition) is 2. The van der Waals surface area contributed by atoms with Crippen LogP contribution in [0.3, 0.4) is 0 Å². The number of H-pyrrole nitrogens is 1. The summed E-state index contributed by atoms with van der Waals surface area (Å²) in [7, 11) is 1.66. The zero-order valence-corrected chi connectivity index (χ0v) is 17.0. The highest BCUT2D eigenvalue weighted by Gasteiger charge is 2.24. The number of aromatic nitrogens is 1. The smallest absolute Gasteiger partial charge is 0.119 e. The molecule has 0 aliphatic carbocycles. The predicted molar refractivity (Wildman–Crippen MR) is 115 cm³/mol. The normalized spacial score (nSPS) is 16.9. The Bertz CT molecular complexity index is 915. The van der Waals surface area contributed by atoms with Crippen molar-refractivity contribution < 1.29 is 14.6 Å². The SMILES string of the molecule is COc1cccc(COCC(O)CN2CCC(c3c[nH]c4ccccc34)CC2)c1. The molecule has 0 radical (unpaired) electrons. The monoisotopic (exact) mass is 394 g/mol. The maximum atomic E-state index is 10.4. The van der Waals surface area contributed by atoms with Crippen molar-refractivity contribution in [2.24, 2.45) is 0 Å². The zero-order valence-electron chi connectivity index (χ0n) is 17.0. The number of aliphatic hydroxyl groups is 1. The molecule has 29 heavy (non-hydrogen) atoms. The molecule has 1 aromatic heterocycles. The van der Waals surface area contributed by atoms with Gasteiger partial charge in [-0.1, -0.05) is 30.3 Å². The third kappa shape index (κ3) is 4.99. The first-order valence-electron chi connectivity index (χ1n) is 10.4. The molecule has 1 unspecified atom stereocenters. The van der Waals surface area contributed by atoms with Gasteiger partial charge < -0.3 is 24.5 Å². The van der Waals surface area contributed by atoms with Gasteiger partial charge in [-0.15, -0.1) is 0 Å². The van der Waals surface area contributed by atoms with E-state index in [0.29, 0.717) is 25.7 Å². The third-order valence-corrected chi connectivity index (χ3v) is 5.83. The molecule has 1 atom stereocenters. The lowest BCUT2D eigenvalue weighted by Gasteiger charge is -2.33. The van der Waals surface area contributed by atoms with E-state index in [1.165, 1.54) is 16.5 Å². The second-order valence-corrected chi connectivity index (χ2v) is 7.88. The van der Waals surface area contributed by atoms with Crippen molar-refractivity contribution in [2.75, 3.05) is 33.4 Å². The molecular formula is C24H30N2O3. The number of aliphatic hydroxyl groups excluding tert-OH is 1. The highest BCUT2D eigenvalue weighted by Crippen LogP contribution is 2.33. The van der Waals surface area contributed by atoms with Crippen LogP contribution >= 0.6 is 0 Å². The van der Waals surface area contributed by atoms with Crippen LogP contribution in [0.15, 0.2) is 54.7 Å². The van der Waals surface area contributed by atoms with E-state index in [9.17, 15) is 5.11 Å². The van der Waals surface area contributed by atoms with E-state index in [1.807, 2.05) is 24.3 Å². The molecular weight excluding hydrogens is 364 g/mol. The molecule has 4 rings (SSSR count). The van der Waals surface area contributed by atoms with Gasteiger partial charge in [0.05, 0.1) is 26.4 Å². The Kier molecular flexibility index (Phi) is 6.49. The number of nitrogens with one attached hydrogen (secondary N) is 1. The lowest BCUT2D eigenvalue weighted by atomic mass is 9.89. The van der Waals surface area contributed by atoms with E-state index in [2.05, 4.69) is 40.3 Å². The minimum Gasteiger partial charge on any atom is -0.497 e. The Balaban J connectivity index is 1.21. The number of fused-ring (bicyclic) bond motifs is 1. The molecule has 1 aliphatic heterocycles. The van der Waals surface area contributed by atoms with Crippen molar-refractivity contribution in [1.29, 1.82) is 0 Å². The van der Waals surface area contributed by atoms with Gasteiger partial charge in [0, 0.05) is 23.6 Å². The zero-order chi connectivity index (χ0) is 20.1. The van der Waals surface area contributed by atoms with E-state index in [1.54, 1.807) is 7.11 Å². The molecule has 5 nitrogen and oxygen atoms in total. The largest absolute Gasteiger partial charge is 0.497 e. The fourth-order valence-electron chi connectivity index (χ4n) is 4.28. The molecule has 1 fully saturated rings. The molecule has 2 N–H and O–H groups in total. The molecule has 2 heterocycles. The van der Waals surface area contributed by atoms with Gasteiger partial charge in [-0.05, 0) is 61.2 Å². The molecule has 5 heteroatoms. The summed E-state index contributed by atoms with van der Waals surface area (Å²) in [5, 5.41) is 11.7. The van der Waals surface area contributed by atoms with Crippen molar-refractivity contribution >= 4 is 10.9 Å². The summed E-state index contributed by atoms with van der Waals surface area (Å²) in [6.07, 6.45) is 3.95. The standard InChI is InChI=1S/C24H30N2O3/c1-28-21-6-4-5-18(13-21)16-29-17-20(27)15-26-11-9-19(10-12-26)23-14-25-24-8-3-2-7-22(23)24/h2-8,13-14,19-20,25,27H,9-12,15-17H2,1H3. The fourth-order valence-corrected chi connectivity index (χ4v) is 4.28. The average molecular weight is 395 g/mol. The Hall–Kier alpha value is -2.34. The maximum absolute atomic E-state index is 10.4. The van der Waals surface area contributed by atoms with Crippen molar-refractivity contribution in [3.8, 4) is 5.75 Å². The van der Waals surface area contributed by atoms with Crippen LogP contribution in [-0.4, -0.2) is 54.4 Å². The van der Waals surface area contributed by atoms with Crippen LogP contribution in [0.1, 0.15) is 29.9 Å². The minimum absolute atomic E-state index is 0.347. The van der Waals surface area contributed by atoms with E-state index in [4.69, 9.17) is 9.47 Å². The summed E-state index contributed by atoms with van der Waals surface area (Å²) >= 11 is 0. The van der Waals surface area contributed by atoms with Gasteiger partial charge >= 0.3 is 0 Å². The first kappa shape index (κ1) is 20.0.